The van der Waals surface area contributed by atoms with E-state index in [1.807, 2.05) is 0 Å². The van der Waals surface area contributed by atoms with E-state index >= 15 is 0 Å². The van der Waals surface area contributed by atoms with Crippen molar-refractivity contribution in [3.8, 4) is 17.2 Å². The second kappa shape index (κ2) is 9.14. The number of aryl methyl sites for hydroxylation is 1. The molecule has 10 nitrogen and oxygen atoms in total. The Morgan fingerprint density at radius 1 is 1.19 bits per heavy atom. The highest BCUT2D eigenvalue weighted by Gasteiger charge is 2.15. The van der Waals surface area contributed by atoms with Gasteiger partial charge < -0.3 is 19.9 Å². The van der Waals surface area contributed by atoms with Gasteiger partial charge in [0.05, 0.1) is 12.8 Å². The number of nitrogens with one attached hydrogen (secondary N) is 1. The van der Waals surface area contributed by atoms with Crippen LogP contribution in [0.15, 0.2) is 53.8 Å². The van der Waals surface area contributed by atoms with Gasteiger partial charge >= 0.3 is 0 Å². The molecule has 2 aromatic heterocycles. The highest BCUT2D eigenvalue weighted by molar-refractivity contribution is 7.90. The number of carbonyl (C=O) groups excluding carboxylic acids is 1. The van der Waals surface area contributed by atoms with Crippen molar-refractivity contribution in [3.05, 3.63) is 54.4 Å². The SMILES string of the molecule is CC(CO)Oc1cc(Oc2ccc(S(C)(=O)=O)nc2)cc(C(=O)Nc2ccn(C)n2)c1. The predicted octanol–water partition coefficient (Wildman–Crippen LogP) is 2.02. The second-order valence-electron chi connectivity index (χ2n) is 6.84. The van der Waals surface area contributed by atoms with Gasteiger partial charge in [-0.3, -0.25) is 9.48 Å². The number of nitrogens with zero attached hydrogens (tertiary/aromatic N) is 3. The minimum atomic E-state index is -3.43. The molecule has 1 amide bonds. The smallest absolute Gasteiger partial charge is 0.257 e. The lowest BCUT2D eigenvalue weighted by Gasteiger charge is -2.15. The quantitative estimate of drug-likeness (QED) is 0.537. The van der Waals surface area contributed by atoms with Crippen LogP contribution >= 0.6 is 0 Å². The van der Waals surface area contributed by atoms with Crippen LogP contribution in [-0.4, -0.2) is 53.2 Å². The topological polar surface area (TPSA) is 133 Å². The van der Waals surface area contributed by atoms with Crippen molar-refractivity contribution in [2.24, 2.45) is 7.05 Å². The molecule has 3 rings (SSSR count). The minimum Gasteiger partial charge on any atom is -0.488 e. The Labute approximate surface area is 179 Å². The highest BCUT2D eigenvalue weighted by Crippen LogP contribution is 2.28. The number of carbonyl (C=O) groups is 1. The van der Waals surface area contributed by atoms with E-state index in [1.54, 1.807) is 37.0 Å². The van der Waals surface area contributed by atoms with Gasteiger partial charge in [-0.2, -0.15) is 5.10 Å². The van der Waals surface area contributed by atoms with Gasteiger partial charge in [0.15, 0.2) is 20.7 Å². The van der Waals surface area contributed by atoms with Crippen molar-refractivity contribution in [2.45, 2.75) is 18.1 Å². The summed E-state index contributed by atoms with van der Waals surface area (Å²) in [4.78, 5) is 16.6. The van der Waals surface area contributed by atoms with Crippen LogP contribution in [0.4, 0.5) is 5.82 Å². The molecule has 1 aromatic carbocycles. The van der Waals surface area contributed by atoms with Crippen molar-refractivity contribution < 1.29 is 27.8 Å². The zero-order chi connectivity index (χ0) is 22.6. The van der Waals surface area contributed by atoms with Gasteiger partial charge in [0.1, 0.15) is 23.4 Å². The van der Waals surface area contributed by atoms with E-state index in [-0.39, 0.29) is 28.7 Å². The third-order valence-electron chi connectivity index (χ3n) is 4.02. The molecule has 0 bridgehead atoms. The van der Waals surface area contributed by atoms with E-state index < -0.39 is 21.8 Å². The molecule has 3 aromatic rings. The molecule has 1 unspecified atom stereocenters. The number of pyridine rings is 1. The van der Waals surface area contributed by atoms with Gasteiger partial charge in [0.2, 0.25) is 0 Å². The van der Waals surface area contributed by atoms with Gasteiger partial charge in [0, 0.05) is 37.2 Å². The maximum absolute atomic E-state index is 12.7. The number of rotatable bonds is 8. The maximum atomic E-state index is 12.7. The Balaban J connectivity index is 1.88. The first-order valence-electron chi connectivity index (χ1n) is 9.21. The van der Waals surface area contributed by atoms with Crippen molar-refractivity contribution in [1.82, 2.24) is 14.8 Å². The lowest BCUT2D eigenvalue weighted by Crippen LogP contribution is -2.17. The molecule has 164 valence electrons. The Kier molecular flexibility index (Phi) is 6.56. The summed E-state index contributed by atoms with van der Waals surface area (Å²) in [6.45, 7) is 1.46. The van der Waals surface area contributed by atoms with Gasteiger partial charge in [-0.1, -0.05) is 0 Å². The van der Waals surface area contributed by atoms with Crippen LogP contribution in [0.25, 0.3) is 0 Å². The fourth-order valence-corrected chi connectivity index (χ4v) is 3.11. The number of anilines is 1. The molecule has 2 N–H and O–H groups in total. The summed E-state index contributed by atoms with van der Waals surface area (Å²) in [5.74, 6) is 0.797. The number of sulfone groups is 1. The average molecular weight is 446 g/mol. The van der Waals surface area contributed by atoms with Crippen LogP contribution in [0.3, 0.4) is 0 Å². The summed E-state index contributed by atoms with van der Waals surface area (Å²) in [6, 6.07) is 9.00. The van der Waals surface area contributed by atoms with Crippen LogP contribution in [0.1, 0.15) is 17.3 Å². The summed E-state index contributed by atoms with van der Waals surface area (Å²) in [5.41, 5.74) is 0.240. The third kappa shape index (κ3) is 6.03. The number of benzene rings is 1. The molecule has 0 aliphatic rings. The van der Waals surface area contributed by atoms with Crippen molar-refractivity contribution in [1.29, 1.82) is 0 Å². The first kappa shape index (κ1) is 22.2. The molecule has 31 heavy (non-hydrogen) atoms. The fourth-order valence-electron chi connectivity index (χ4n) is 2.55. The lowest BCUT2D eigenvalue weighted by molar-refractivity contribution is 0.102. The normalized spacial score (nSPS) is 12.3. The van der Waals surface area contributed by atoms with E-state index in [0.29, 0.717) is 11.6 Å². The van der Waals surface area contributed by atoms with Crippen LogP contribution in [0.2, 0.25) is 0 Å². The molecule has 11 heteroatoms. The molecule has 0 aliphatic carbocycles. The largest absolute Gasteiger partial charge is 0.488 e. The van der Waals surface area contributed by atoms with E-state index in [9.17, 15) is 18.3 Å². The lowest BCUT2D eigenvalue weighted by atomic mass is 10.2. The monoisotopic (exact) mass is 446 g/mol. The molecule has 0 fully saturated rings. The number of aliphatic hydroxyl groups excluding tert-OH is 1. The molecule has 1 atom stereocenters. The van der Waals surface area contributed by atoms with Gasteiger partial charge in [-0.05, 0) is 31.2 Å². The number of amides is 1. The van der Waals surface area contributed by atoms with E-state index in [0.717, 1.165) is 6.26 Å². The third-order valence-corrected chi connectivity index (χ3v) is 5.02. The first-order chi connectivity index (χ1) is 14.6. The second-order valence-corrected chi connectivity index (χ2v) is 8.80. The zero-order valence-electron chi connectivity index (χ0n) is 17.1. The average Bonchev–Trinajstić information content (AvgIpc) is 3.12. The molecule has 0 saturated carbocycles. The van der Waals surface area contributed by atoms with Crippen LogP contribution in [0.5, 0.6) is 17.2 Å². The van der Waals surface area contributed by atoms with E-state index in [4.69, 9.17) is 9.47 Å². The van der Waals surface area contributed by atoms with Crippen molar-refractivity contribution in [2.75, 3.05) is 18.2 Å². The van der Waals surface area contributed by atoms with E-state index in [1.165, 1.54) is 30.5 Å². The molecule has 2 heterocycles. The van der Waals surface area contributed by atoms with Crippen molar-refractivity contribution >= 4 is 21.6 Å². The number of ether oxygens (including phenoxy) is 2. The van der Waals surface area contributed by atoms with Crippen LogP contribution < -0.4 is 14.8 Å². The number of aliphatic hydroxyl groups is 1. The standard InChI is InChI=1S/C20H22N4O6S/c1-13(12-25)29-16-8-14(20(26)22-18-6-7-24(2)23-18)9-17(10-16)30-15-4-5-19(21-11-15)31(3,27)28/h4-11,13,25H,12H2,1-3H3,(H,22,23,26). The Morgan fingerprint density at radius 2 is 1.94 bits per heavy atom. The molecular weight excluding hydrogens is 424 g/mol. The zero-order valence-corrected chi connectivity index (χ0v) is 18.0. The molecule has 0 saturated heterocycles. The molecule has 0 spiro atoms. The van der Waals surface area contributed by atoms with Crippen molar-refractivity contribution in [3.63, 3.8) is 0 Å². The number of hydrogen-bond acceptors (Lipinski definition) is 8. The minimum absolute atomic E-state index is 0.0795. The molecule has 0 radical (unpaired) electrons. The Morgan fingerprint density at radius 3 is 2.52 bits per heavy atom. The van der Waals surface area contributed by atoms with Gasteiger partial charge in [0.25, 0.3) is 5.91 Å². The summed E-state index contributed by atoms with van der Waals surface area (Å²) in [5, 5.41) is 16.0. The first-order valence-corrected chi connectivity index (χ1v) is 11.1. The predicted molar refractivity (Wildman–Crippen MR) is 112 cm³/mol. The maximum Gasteiger partial charge on any atom is 0.257 e. The Hall–Kier alpha value is -3.44. The molecule has 0 aliphatic heterocycles. The highest BCUT2D eigenvalue weighted by atomic mass is 32.2. The summed E-state index contributed by atoms with van der Waals surface area (Å²) < 4.78 is 36.0. The van der Waals surface area contributed by atoms with Crippen LogP contribution in [-0.2, 0) is 16.9 Å². The Bertz CT molecular complexity index is 1170. The van der Waals surface area contributed by atoms with Crippen LogP contribution in [0, 0.1) is 0 Å². The fraction of sp³-hybridized carbons (Fsp3) is 0.250. The van der Waals surface area contributed by atoms with Gasteiger partial charge in [-0.15, -0.1) is 0 Å². The summed E-state index contributed by atoms with van der Waals surface area (Å²) >= 11 is 0. The van der Waals surface area contributed by atoms with E-state index in [2.05, 4.69) is 15.4 Å². The molecular formula is C20H22N4O6S. The number of aromatic nitrogens is 3. The summed E-state index contributed by atoms with van der Waals surface area (Å²) in [7, 11) is -1.70. The summed E-state index contributed by atoms with van der Waals surface area (Å²) in [6.07, 6.45) is 3.52. The van der Waals surface area contributed by atoms with Gasteiger partial charge in [-0.25, -0.2) is 13.4 Å². The number of hydrogen-bond donors (Lipinski definition) is 2.